The average molecular weight is 258 g/mol. The third-order valence-corrected chi connectivity index (χ3v) is 3.07. The SMILES string of the molecule is CCC(C)(CCl)Nc1nccc(OC(C)C)n1. The molecule has 1 aromatic rings. The van der Waals surface area contributed by atoms with Crippen LogP contribution in [-0.2, 0) is 0 Å². The Morgan fingerprint density at radius 2 is 2.24 bits per heavy atom. The van der Waals surface area contributed by atoms with Crippen LogP contribution >= 0.6 is 11.6 Å². The van der Waals surface area contributed by atoms with Gasteiger partial charge in [-0.1, -0.05) is 6.92 Å². The Balaban J connectivity index is 2.78. The third kappa shape index (κ3) is 4.38. The highest BCUT2D eigenvalue weighted by Gasteiger charge is 2.21. The Hall–Kier alpha value is -1.03. The second-order valence-electron chi connectivity index (χ2n) is 4.56. The molecule has 1 unspecified atom stereocenters. The third-order valence-electron chi connectivity index (χ3n) is 2.48. The van der Waals surface area contributed by atoms with Crippen LogP contribution in [-0.4, -0.2) is 27.5 Å². The number of nitrogens with zero attached hydrogens (tertiary/aromatic N) is 2. The lowest BCUT2D eigenvalue weighted by Gasteiger charge is -2.27. The number of aromatic nitrogens is 2. The zero-order valence-corrected chi connectivity index (χ0v) is 11.6. The second-order valence-corrected chi connectivity index (χ2v) is 4.83. The van der Waals surface area contributed by atoms with Gasteiger partial charge in [0.05, 0.1) is 11.6 Å². The van der Waals surface area contributed by atoms with Crippen molar-refractivity contribution in [3.8, 4) is 5.88 Å². The van der Waals surface area contributed by atoms with E-state index in [0.717, 1.165) is 6.42 Å². The van der Waals surface area contributed by atoms with E-state index in [0.29, 0.717) is 17.7 Å². The summed E-state index contributed by atoms with van der Waals surface area (Å²) in [7, 11) is 0. The molecular weight excluding hydrogens is 238 g/mol. The van der Waals surface area contributed by atoms with Crippen molar-refractivity contribution in [2.24, 2.45) is 0 Å². The maximum atomic E-state index is 5.93. The fraction of sp³-hybridized carbons (Fsp3) is 0.667. The van der Waals surface area contributed by atoms with Crippen LogP contribution in [0.5, 0.6) is 5.88 Å². The topological polar surface area (TPSA) is 47.0 Å². The van der Waals surface area contributed by atoms with Crippen LogP contribution in [0.2, 0.25) is 0 Å². The first-order chi connectivity index (χ1) is 7.99. The smallest absolute Gasteiger partial charge is 0.226 e. The minimum atomic E-state index is -0.196. The summed E-state index contributed by atoms with van der Waals surface area (Å²) in [4.78, 5) is 8.46. The summed E-state index contributed by atoms with van der Waals surface area (Å²) < 4.78 is 5.51. The summed E-state index contributed by atoms with van der Waals surface area (Å²) in [6.07, 6.45) is 2.68. The molecular formula is C12H20ClN3O. The summed E-state index contributed by atoms with van der Waals surface area (Å²) in [6.45, 7) is 8.04. The molecule has 1 atom stereocenters. The molecule has 0 radical (unpaired) electrons. The number of anilines is 1. The summed E-state index contributed by atoms with van der Waals surface area (Å²) in [5, 5.41) is 3.23. The van der Waals surface area contributed by atoms with Crippen LogP contribution in [0.3, 0.4) is 0 Å². The Morgan fingerprint density at radius 1 is 1.53 bits per heavy atom. The van der Waals surface area contributed by atoms with Crippen molar-refractivity contribution in [1.82, 2.24) is 9.97 Å². The first kappa shape index (κ1) is 14.0. The quantitative estimate of drug-likeness (QED) is 0.796. The highest BCUT2D eigenvalue weighted by atomic mass is 35.5. The molecule has 0 saturated carbocycles. The first-order valence-corrected chi connectivity index (χ1v) is 6.36. The maximum Gasteiger partial charge on any atom is 0.226 e. The molecule has 1 rings (SSSR count). The van der Waals surface area contributed by atoms with E-state index in [1.54, 1.807) is 12.3 Å². The normalized spacial score (nSPS) is 14.5. The van der Waals surface area contributed by atoms with Gasteiger partial charge < -0.3 is 10.1 Å². The number of hydrogen-bond donors (Lipinski definition) is 1. The van der Waals surface area contributed by atoms with E-state index in [9.17, 15) is 0 Å². The lowest BCUT2D eigenvalue weighted by atomic mass is 10.0. The molecule has 1 heterocycles. The Kier molecular flexibility index (Phi) is 5.00. The molecule has 0 fully saturated rings. The monoisotopic (exact) mass is 257 g/mol. The zero-order valence-electron chi connectivity index (χ0n) is 10.8. The zero-order chi connectivity index (χ0) is 12.9. The van der Waals surface area contributed by atoms with Gasteiger partial charge in [-0.15, -0.1) is 11.6 Å². The van der Waals surface area contributed by atoms with Gasteiger partial charge in [0.1, 0.15) is 0 Å². The van der Waals surface area contributed by atoms with Crippen LogP contribution in [0.25, 0.3) is 0 Å². The van der Waals surface area contributed by atoms with Crippen LogP contribution < -0.4 is 10.1 Å². The largest absolute Gasteiger partial charge is 0.475 e. The van der Waals surface area contributed by atoms with E-state index >= 15 is 0 Å². The minimum absolute atomic E-state index is 0.100. The molecule has 0 amide bonds. The van der Waals surface area contributed by atoms with E-state index in [2.05, 4.69) is 22.2 Å². The number of nitrogens with one attached hydrogen (secondary N) is 1. The first-order valence-electron chi connectivity index (χ1n) is 5.83. The Labute approximate surface area is 108 Å². The lowest BCUT2D eigenvalue weighted by Crippen LogP contribution is -2.36. The molecule has 5 heteroatoms. The molecule has 1 N–H and O–H groups in total. The maximum absolute atomic E-state index is 5.93. The van der Waals surface area contributed by atoms with Crippen LogP contribution in [0.4, 0.5) is 5.95 Å². The van der Waals surface area contributed by atoms with Gasteiger partial charge in [-0.2, -0.15) is 4.98 Å². The van der Waals surface area contributed by atoms with E-state index in [4.69, 9.17) is 16.3 Å². The summed E-state index contributed by atoms with van der Waals surface area (Å²) >= 11 is 5.93. The van der Waals surface area contributed by atoms with Gasteiger partial charge in [-0.3, -0.25) is 0 Å². The predicted octanol–water partition coefficient (Wildman–Crippen LogP) is 3.08. The molecule has 0 spiro atoms. The molecule has 17 heavy (non-hydrogen) atoms. The van der Waals surface area contributed by atoms with Crippen LogP contribution in [0.15, 0.2) is 12.3 Å². The number of halogens is 1. The second kappa shape index (κ2) is 6.05. The van der Waals surface area contributed by atoms with Crippen LogP contribution in [0, 0.1) is 0 Å². The molecule has 4 nitrogen and oxygen atoms in total. The molecule has 0 aliphatic carbocycles. The van der Waals surface area contributed by atoms with Crippen molar-refractivity contribution in [2.75, 3.05) is 11.2 Å². The molecule has 96 valence electrons. The van der Waals surface area contributed by atoms with E-state index in [1.807, 2.05) is 20.8 Å². The van der Waals surface area contributed by atoms with Crippen molar-refractivity contribution >= 4 is 17.5 Å². The summed E-state index contributed by atoms with van der Waals surface area (Å²) in [5.41, 5.74) is -0.196. The van der Waals surface area contributed by atoms with Gasteiger partial charge in [-0.25, -0.2) is 4.98 Å². The Morgan fingerprint density at radius 3 is 2.76 bits per heavy atom. The van der Waals surface area contributed by atoms with E-state index in [-0.39, 0.29) is 11.6 Å². The molecule has 0 aliphatic heterocycles. The average Bonchev–Trinajstić information content (AvgIpc) is 2.28. The number of alkyl halides is 1. The highest BCUT2D eigenvalue weighted by molar-refractivity contribution is 6.18. The fourth-order valence-corrected chi connectivity index (χ4v) is 1.45. The van der Waals surface area contributed by atoms with Crippen molar-refractivity contribution in [1.29, 1.82) is 0 Å². The molecule has 0 aromatic carbocycles. The minimum Gasteiger partial charge on any atom is -0.475 e. The number of rotatable bonds is 6. The van der Waals surface area contributed by atoms with Gasteiger partial charge in [0, 0.05) is 18.1 Å². The van der Waals surface area contributed by atoms with E-state index < -0.39 is 0 Å². The predicted molar refractivity (Wildman–Crippen MR) is 70.8 cm³/mol. The summed E-state index contributed by atoms with van der Waals surface area (Å²) in [5.74, 6) is 1.63. The van der Waals surface area contributed by atoms with Gasteiger partial charge in [-0.05, 0) is 27.2 Å². The van der Waals surface area contributed by atoms with Crippen molar-refractivity contribution < 1.29 is 4.74 Å². The van der Waals surface area contributed by atoms with Gasteiger partial charge in [0.2, 0.25) is 11.8 Å². The number of hydrogen-bond acceptors (Lipinski definition) is 4. The van der Waals surface area contributed by atoms with Crippen molar-refractivity contribution in [3.63, 3.8) is 0 Å². The van der Waals surface area contributed by atoms with Gasteiger partial charge >= 0.3 is 0 Å². The highest BCUT2D eigenvalue weighted by Crippen LogP contribution is 2.18. The molecule has 0 saturated heterocycles. The molecule has 0 bridgehead atoms. The fourth-order valence-electron chi connectivity index (χ4n) is 1.20. The molecule has 0 aliphatic rings. The van der Waals surface area contributed by atoms with E-state index in [1.165, 1.54) is 0 Å². The molecule has 1 aromatic heterocycles. The lowest BCUT2D eigenvalue weighted by molar-refractivity contribution is 0.232. The Bertz CT molecular complexity index is 353. The van der Waals surface area contributed by atoms with Crippen LogP contribution in [0.1, 0.15) is 34.1 Å². The standard InChI is InChI=1S/C12H20ClN3O/c1-5-12(4,8-13)16-11-14-7-6-10(15-11)17-9(2)3/h6-7,9H,5,8H2,1-4H3,(H,14,15,16). The number of ether oxygens (including phenoxy) is 1. The van der Waals surface area contributed by atoms with Gasteiger partial charge in [0.25, 0.3) is 0 Å². The van der Waals surface area contributed by atoms with Crippen molar-refractivity contribution in [3.05, 3.63) is 12.3 Å². The summed E-state index contributed by atoms with van der Waals surface area (Å²) in [6, 6.07) is 1.75. The van der Waals surface area contributed by atoms with Crippen molar-refractivity contribution in [2.45, 2.75) is 45.8 Å². The van der Waals surface area contributed by atoms with Gasteiger partial charge in [0.15, 0.2) is 0 Å².